The van der Waals surface area contributed by atoms with Crippen molar-refractivity contribution in [3.05, 3.63) is 16.9 Å². The first-order chi connectivity index (χ1) is 8.15. The van der Waals surface area contributed by atoms with Gasteiger partial charge in [0.05, 0.1) is 16.9 Å². The molecule has 0 saturated carbocycles. The number of hydrogen-bond acceptors (Lipinski definition) is 3. The minimum absolute atomic E-state index is 0.197. The average molecular weight is 259 g/mol. The van der Waals surface area contributed by atoms with Crippen LogP contribution in [0, 0.1) is 11.8 Å². The van der Waals surface area contributed by atoms with Crippen molar-refractivity contribution in [1.82, 2.24) is 9.78 Å². The summed E-state index contributed by atoms with van der Waals surface area (Å²) in [6, 6.07) is 0. The summed E-state index contributed by atoms with van der Waals surface area (Å²) in [7, 11) is 0. The maximum atomic E-state index is 10.5. The number of nitrogens with zero attached hydrogens (tertiary/aromatic N) is 2. The van der Waals surface area contributed by atoms with E-state index in [2.05, 4.69) is 12.0 Å². The number of hydrogen-bond donors (Lipinski definition) is 1. The molecule has 2 rings (SSSR count). The van der Waals surface area contributed by atoms with Gasteiger partial charge in [0.1, 0.15) is 6.10 Å². The van der Waals surface area contributed by atoms with Gasteiger partial charge in [-0.2, -0.15) is 5.10 Å². The standard InChI is InChI=1S/C12H19ClN2O2/c1-3-15-11(10(13)6-14-15)12(16)9-4-5-17-7-8(9)2/h6,8-9,12,16H,3-5,7H2,1-2H3. The van der Waals surface area contributed by atoms with Gasteiger partial charge in [-0.25, -0.2) is 0 Å². The quantitative estimate of drug-likeness (QED) is 0.905. The predicted molar refractivity (Wildman–Crippen MR) is 66.0 cm³/mol. The predicted octanol–water partition coefficient (Wildman–Crippen LogP) is 2.26. The van der Waals surface area contributed by atoms with E-state index in [9.17, 15) is 5.11 Å². The van der Waals surface area contributed by atoms with E-state index in [1.54, 1.807) is 10.9 Å². The van der Waals surface area contributed by atoms with Gasteiger partial charge in [-0.15, -0.1) is 0 Å². The van der Waals surface area contributed by atoms with Crippen LogP contribution in [0.4, 0.5) is 0 Å². The Balaban J connectivity index is 2.22. The Morgan fingerprint density at radius 3 is 3.12 bits per heavy atom. The zero-order valence-corrected chi connectivity index (χ0v) is 11.0. The summed E-state index contributed by atoms with van der Waals surface area (Å²) >= 11 is 6.11. The molecule has 0 spiro atoms. The molecule has 1 fully saturated rings. The lowest BCUT2D eigenvalue weighted by Gasteiger charge is -2.32. The molecule has 0 radical (unpaired) electrons. The van der Waals surface area contributed by atoms with Gasteiger partial charge in [-0.1, -0.05) is 18.5 Å². The fourth-order valence-corrected chi connectivity index (χ4v) is 2.74. The topological polar surface area (TPSA) is 47.3 Å². The molecule has 5 heteroatoms. The molecule has 1 aliphatic heterocycles. The number of halogens is 1. The summed E-state index contributed by atoms with van der Waals surface area (Å²) in [5, 5.41) is 15.2. The van der Waals surface area contributed by atoms with Crippen LogP contribution in [0.1, 0.15) is 32.1 Å². The van der Waals surface area contributed by atoms with E-state index in [1.165, 1.54) is 0 Å². The second-order valence-corrected chi connectivity index (χ2v) is 5.05. The molecule has 0 aromatic carbocycles. The summed E-state index contributed by atoms with van der Waals surface area (Å²) in [6.45, 7) is 6.24. The van der Waals surface area contributed by atoms with Crippen molar-refractivity contribution in [1.29, 1.82) is 0 Å². The zero-order valence-electron chi connectivity index (χ0n) is 10.3. The van der Waals surface area contributed by atoms with Crippen LogP contribution in [0.3, 0.4) is 0 Å². The molecule has 3 atom stereocenters. The molecule has 3 unspecified atom stereocenters. The van der Waals surface area contributed by atoms with Crippen LogP contribution < -0.4 is 0 Å². The minimum Gasteiger partial charge on any atom is -0.386 e. The number of aryl methyl sites for hydroxylation is 1. The Bertz CT molecular complexity index is 381. The molecular weight excluding hydrogens is 240 g/mol. The van der Waals surface area contributed by atoms with Gasteiger partial charge in [0, 0.05) is 19.8 Å². The molecule has 96 valence electrons. The normalized spacial score (nSPS) is 27.1. The largest absolute Gasteiger partial charge is 0.386 e. The minimum atomic E-state index is -0.552. The van der Waals surface area contributed by atoms with Crippen LogP contribution >= 0.6 is 11.6 Å². The van der Waals surface area contributed by atoms with Crippen LogP contribution in [0.2, 0.25) is 5.02 Å². The highest BCUT2D eigenvalue weighted by Crippen LogP contribution is 2.36. The van der Waals surface area contributed by atoms with Crippen molar-refractivity contribution in [2.24, 2.45) is 11.8 Å². The third-order valence-electron chi connectivity index (χ3n) is 3.53. The first-order valence-electron chi connectivity index (χ1n) is 6.12. The molecule has 0 amide bonds. The second-order valence-electron chi connectivity index (χ2n) is 4.64. The number of ether oxygens (including phenoxy) is 1. The van der Waals surface area contributed by atoms with E-state index in [4.69, 9.17) is 16.3 Å². The van der Waals surface area contributed by atoms with Crippen molar-refractivity contribution in [3.63, 3.8) is 0 Å². The van der Waals surface area contributed by atoms with Gasteiger partial charge in [0.15, 0.2) is 0 Å². The van der Waals surface area contributed by atoms with E-state index >= 15 is 0 Å². The average Bonchev–Trinajstić information content (AvgIpc) is 2.70. The molecule has 0 aliphatic carbocycles. The van der Waals surface area contributed by atoms with Gasteiger partial charge >= 0.3 is 0 Å². The molecular formula is C12H19ClN2O2. The van der Waals surface area contributed by atoms with Crippen LogP contribution in [0.25, 0.3) is 0 Å². The number of aliphatic hydroxyl groups is 1. The zero-order chi connectivity index (χ0) is 12.4. The van der Waals surface area contributed by atoms with Crippen LogP contribution in [-0.4, -0.2) is 28.1 Å². The Kier molecular flexibility index (Phi) is 4.07. The Morgan fingerprint density at radius 1 is 1.71 bits per heavy atom. The first kappa shape index (κ1) is 12.9. The number of aliphatic hydroxyl groups excluding tert-OH is 1. The van der Waals surface area contributed by atoms with Crippen molar-refractivity contribution in [2.75, 3.05) is 13.2 Å². The number of aromatic nitrogens is 2. The van der Waals surface area contributed by atoms with E-state index in [0.717, 1.165) is 18.7 Å². The lowest BCUT2D eigenvalue weighted by Crippen LogP contribution is -2.31. The van der Waals surface area contributed by atoms with Crippen molar-refractivity contribution < 1.29 is 9.84 Å². The van der Waals surface area contributed by atoms with Gasteiger partial charge in [0.25, 0.3) is 0 Å². The number of rotatable bonds is 3. The Morgan fingerprint density at radius 2 is 2.47 bits per heavy atom. The van der Waals surface area contributed by atoms with Gasteiger partial charge in [-0.05, 0) is 25.2 Å². The second kappa shape index (κ2) is 5.38. The smallest absolute Gasteiger partial charge is 0.100 e. The summed E-state index contributed by atoms with van der Waals surface area (Å²) in [4.78, 5) is 0. The molecule has 17 heavy (non-hydrogen) atoms. The molecule has 4 nitrogen and oxygen atoms in total. The third-order valence-corrected chi connectivity index (χ3v) is 3.82. The van der Waals surface area contributed by atoms with Crippen molar-refractivity contribution >= 4 is 11.6 Å². The molecule has 1 aromatic rings. The molecule has 1 aromatic heterocycles. The van der Waals surface area contributed by atoms with E-state index in [-0.39, 0.29) is 5.92 Å². The summed E-state index contributed by atoms with van der Waals surface area (Å²) in [5.74, 6) is 0.540. The maximum Gasteiger partial charge on any atom is 0.100 e. The van der Waals surface area contributed by atoms with E-state index in [1.807, 2.05) is 6.92 Å². The highest BCUT2D eigenvalue weighted by Gasteiger charge is 2.32. The fraction of sp³-hybridized carbons (Fsp3) is 0.750. The summed E-state index contributed by atoms with van der Waals surface area (Å²) in [5.41, 5.74) is 0.743. The SMILES string of the molecule is CCn1ncc(Cl)c1C(O)C1CCOCC1C. The first-order valence-corrected chi connectivity index (χ1v) is 6.50. The fourth-order valence-electron chi connectivity index (χ4n) is 2.49. The Hall–Kier alpha value is -0.580. The van der Waals surface area contributed by atoms with Gasteiger partial charge < -0.3 is 9.84 Å². The van der Waals surface area contributed by atoms with Crippen LogP contribution in [0.5, 0.6) is 0 Å². The van der Waals surface area contributed by atoms with Crippen LogP contribution in [-0.2, 0) is 11.3 Å². The molecule has 1 saturated heterocycles. The summed E-state index contributed by atoms with van der Waals surface area (Å²) in [6.07, 6.45) is 1.92. The van der Waals surface area contributed by atoms with Gasteiger partial charge in [0.2, 0.25) is 0 Å². The molecule has 2 heterocycles. The highest BCUT2D eigenvalue weighted by atomic mass is 35.5. The highest BCUT2D eigenvalue weighted by molar-refractivity contribution is 6.31. The lowest BCUT2D eigenvalue weighted by molar-refractivity contribution is -0.0336. The van der Waals surface area contributed by atoms with E-state index < -0.39 is 6.10 Å². The molecule has 1 N–H and O–H groups in total. The van der Waals surface area contributed by atoms with E-state index in [0.29, 0.717) is 24.2 Å². The molecule has 0 bridgehead atoms. The Labute approximate surface area is 107 Å². The maximum absolute atomic E-state index is 10.5. The lowest BCUT2D eigenvalue weighted by atomic mass is 9.84. The summed E-state index contributed by atoms with van der Waals surface area (Å²) < 4.78 is 7.17. The monoisotopic (exact) mass is 258 g/mol. The third kappa shape index (κ3) is 2.49. The van der Waals surface area contributed by atoms with Gasteiger partial charge in [-0.3, -0.25) is 4.68 Å². The van der Waals surface area contributed by atoms with Crippen molar-refractivity contribution in [2.45, 2.75) is 32.9 Å². The van der Waals surface area contributed by atoms with Crippen LogP contribution in [0.15, 0.2) is 6.20 Å². The van der Waals surface area contributed by atoms with Crippen molar-refractivity contribution in [3.8, 4) is 0 Å². The molecule has 1 aliphatic rings.